The molecule has 12 heteroatoms. The molecule has 0 aliphatic carbocycles. The van der Waals surface area contributed by atoms with Gasteiger partial charge >= 0.3 is 23.9 Å². The third kappa shape index (κ3) is 5.30. The van der Waals surface area contributed by atoms with Gasteiger partial charge in [0.1, 0.15) is 41.9 Å². The van der Waals surface area contributed by atoms with Gasteiger partial charge in [-0.15, -0.1) is 0 Å². The van der Waals surface area contributed by atoms with E-state index in [4.69, 9.17) is 29.4 Å². The summed E-state index contributed by atoms with van der Waals surface area (Å²) in [5.74, 6) is -5.44. The van der Waals surface area contributed by atoms with Crippen molar-refractivity contribution in [1.82, 2.24) is 0 Å². The number of hydrogen-bond acceptors (Lipinski definition) is 11. The smallest absolute Gasteiger partial charge is 0.340 e. The van der Waals surface area contributed by atoms with Crippen LogP contribution in [0.4, 0.5) is 5.69 Å². The number of nitrogens with zero attached hydrogens (tertiary/aromatic N) is 1. The number of rotatable bonds is 10. The third-order valence-electron chi connectivity index (χ3n) is 6.68. The molecular formula is C30H30N2O10. The number of methoxy groups -OCH3 is 1. The van der Waals surface area contributed by atoms with Crippen LogP contribution in [0, 0.1) is 0 Å². The minimum atomic E-state index is -2.28. The Kier molecular flexibility index (Phi) is 8.94. The van der Waals surface area contributed by atoms with Crippen LogP contribution in [0.5, 0.6) is 0 Å². The first-order valence-corrected chi connectivity index (χ1v) is 13.1. The van der Waals surface area contributed by atoms with Crippen LogP contribution in [0.2, 0.25) is 0 Å². The molecule has 1 amide bonds. The molecule has 2 N–H and O–H groups in total. The number of benzene rings is 2. The van der Waals surface area contributed by atoms with E-state index in [9.17, 15) is 24.0 Å². The van der Waals surface area contributed by atoms with Gasteiger partial charge in [-0.3, -0.25) is 19.3 Å². The van der Waals surface area contributed by atoms with E-state index in [2.05, 4.69) is 0 Å². The first kappa shape index (κ1) is 29.8. The second-order valence-electron chi connectivity index (χ2n) is 9.14. The van der Waals surface area contributed by atoms with Crippen molar-refractivity contribution in [2.75, 3.05) is 31.8 Å². The van der Waals surface area contributed by atoms with Crippen LogP contribution in [0.25, 0.3) is 0 Å². The molecule has 1 spiro atoms. The summed E-state index contributed by atoms with van der Waals surface area (Å²) in [6, 6.07) is 15.2. The van der Waals surface area contributed by atoms with Crippen LogP contribution in [0.15, 0.2) is 77.4 Å². The number of carbonyl (C=O) groups excluding carboxylic acids is 5. The second-order valence-corrected chi connectivity index (χ2v) is 9.14. The fraction of sp³-hybridized carbons (Fsp3) is 0.300. The van der Waals surface area contributed by atoms with Crippen LogP contribution in [-0.2, 0) is 59.7 Å². The number of anilines is 1. The maximum absolute atomic E-state index is 14.6. The highest BCUT2D eigenvalue weighted by Gasteiger charge is 2.64. The predicted octanol–water partition coefficient (Wildman–Crippen LogP) is 2.16. The highest BCUT2D eigenvalue weighted by atomic mass is 16.6. The summed E-state index contributed by atoms with van der Waals surface area (Å²) >= 11 is 0. The zero-order valence-electron chi connectivity index (χ0n) is 23.3. The first-order valence-electron chi connectivity index (χ1n) is 13.1. The molecule has 2 aromatic carbocycles. The lowest BCUT2D eigenvalue weighted by molar-refractivity contribution is -0.144. The molecule has 0 radical (unpaired) electrons. The number of para-hydroxylation sites is 1. The van der Waals surface area contributed by atoms with Crippen molar-refractivity contribution in [2.24, 2.45) is 5.73 Å². The van der Waals surface area contributed by atoms with Gasteiger partial charge in [0, 0.05) is 11.3 Å². The Labute approximate surface area is 241 Å². The predicted molar refractivity (Wildman–Crippen MR) is 146 cm³/mol. The van der Waals surface area contributed by atoms with E-state index in [1.807, 2.05) is 6.07 Å². The highest BCUT2D eigenvalue weighted by Crippen LogP contribution is 2.55. The maximum atomic E-state index is 14.6. The summed E-state index contributed by atoms with van der Waals surface area (Å²) in [4.78, 5) is 68.1. The minimum absolute atomic E-state index is 0.0331. The van der Waals surface area contributed by atoms with Crippen molar-refractivity contribution in [3.63, 3.8) is 0 Å². The summed E-state index contributed by atoms with van der Waals surface area (Å²) in [5.41, 5.74) is 4.05. The van der Waals surface area contributed by atoms with Gasteiger partial charge in [-0.25, -0.2) is 9.59 Å². The van der Waals surface area contributed by atoms with Gasteiger partial charge in [-0.05, 0) is 25.5 Å². The van der Waals surface area contributed by atoms with Gasteiger partial charge in [0.25, 0.3) is 0 Å². The van der Waals surface area contributed by atoms with Crippen molar-refractivity contribution >= 4 is 35.5 Å². The molecule has 0 aromatic heterocycles. The van der Waals surface area contributed by atoms with Gasteiger partial charge in [0.2, 0.25) is 11.8 Å². The van der Waals surface area contributed by atoms with Crippen LogP contribution >= 0.6 is 0 Å². The van der Waals surface area contributed by atoms with E-state index in [-0.39, 0.29) is 36.8 Å². The lowest BCUT2D eigenvalue weighted by Gasteiger charge is -2.36. The van der Waals surface area contributed by atoms with Crippen LogP contribution in [0.3, 0.4) is 0 Å². The van der Waals surface area contributed by atoms with Crippen molar-refractivity contribution in [2.45, 2.75) is 32.3 Å². The summed E-state index contributed by atoms with van der Waals surface area (Å²) in [5, 5.41) is 0. The maximum Gasteiger partial charge on any atom is 0.340 e. The van der Waals surface area contributed by atoms with Crippen molar-refractivity contribution < 1.29 is 47.7 Å². The van der Waals surface area contributed by atoms with E-state index in [1.54, 1.807) is 56.3 Å². The Balaban J connectivity index is 1.89. The van der Waals surface area contributed by atoms with Gasteiger partial charge in [0.15, 0.2) is 0 Å². The molecule has 12 nitrogen and oxygen atoms in total. The molecule has 42 heavy (non-hydrogen) atoms. The zero-order chi connectivity index (χ0) is 30.4. The molecule has 220 valence electrons. The molecule has 4 rings (SSSR count). The molecule has 2 aromatic rings. The molecule has 2 aliphatic rings. The summed E-state index contributed by atoms with van der Waals surface area (Å²) < 4.78 is 26.4. The SMILES string of the molecule is CCOC(=O)CC1=C(C(=O)OCC)C2(C(=O)N(CC(=O)OCc3ccccc3)c3ccccc32)C(C(=O)OC)=C(N)O1. The van der Waals surface area contributed by atoms with E-state index in [1.165, 1.54) is 6.07 Å². The molecule has 2 heterocycles. The standard InChI is InChI=1S/C30H30N2O10/c1-4-39-22(33)15-21-24(28(36)40-5-2)30(25(26(31)42-21)27(35)38-3)19-13-9-10-14-20(19)32(29(30)37)16-23(34)41-17-18-11-7-6-8-12-18/h6-14H,4-5,15-17,31H2,1-3H3. The van der Waals surface area contributed by atoms with Crippen molar-refractivity contribution in [3.05, 3.63) is 88.5 Å². The Morgan fingerprint density at radius 3 is 2.19 bits per heavy atom. The zero-order valence-corrected chi connectivity index (χ0v) is 23.3. The number of esters is 4. The van der Waals surface area contributed by atoms with Gasteiger partial charge in [-0.2, -0.15) is 0 Å². The number of fused-ring (bicyclic) bond motifs is 2. The fourth-order valence-electron chi connectivity index (χ4n) is 5.05. The number of carbonyl (C=O) groups is 5. The molecule has 1 atom stereocenters. The van der Waals surface area contributed by atoms with Crippen molar-refractivity contribution in [3.8, 4) is 0 Å². The molecule has 0 saturated carbocycles. The molecule has 2 aliphatic heterocycles. The Morgan fingerprint density at radius 1 is 0.857 bits per heavy atom. The van der Waals surface area contributed by atoms with E-state index in [0.717, 1.165) is 17.6 Å². The quantitative estimate of drug-likeness (QED) is 0.325. The van der Waals surface area contributed by atoms with Crippen LogP contribution in [0.1, 0.15) is 31.4 Å². The lowest BCUT2D eigenvalue weighted by Crippen LogP contribution is -2.51. The van der Waals surface area contributed by atoms with Gasteiger partial charge < -0.3 is 29.4 Å². The van der Waals surface area contributed by atoms with Gasteiger partial charge in [-0.1, -0.05) is 48.5 Å². The van der Waals surface area contributed by atoms with E-state index >= 15 is 0 Å². The molecule has 0 bridgehead atoms. The number of amides is 1. The van der Waals surface area contributed by atoms with Crippen LogP contribution < -0.4 is 10.6 Å². The lowest BCUT2D eigenvalue weighted by atomic mass is 9.67. The summed E-state index contributed by atoms with van der Waals surface area (Å²) in [6.45, 7) is 2.46. The summed E-state index contributed by atoms with van der Waals surface area (Å²) in [6.07, 6.45) is -0.604. The Morgan fingerprint density at radius 2 is 1.52 bits per heavy atom. The monoisotopic (exact) mass is 578 g/mol. The van der Waals surface area contributed by atoms with E-state index in [0.29, 0.717) is 0 Å². The fourth-order valence-corrected chi connectivity index (χ4v) is 5.05. The third-order valence-corrected chi connectivity index (χ3v) is 6.68. The molecular weight excluding hydrogens is 548 g/mol. The van der Waals surface area contributed by atoms with Crippen LogP contribution in [-0.4, -0.2) is 56.7 Å². The highest BCUT2D eigenvalue weighted by molar-refractivity contribution is 6.23. The van der Waals surface area contributed by atoms with Crippen molar-refractivity contribution in [1.29, 1.82) is 0 Å². The Bertz CT molecular complexity index is 1480. The summed E-state index contributed by atoms with van der Waals surface area (Å²) in [7, 11) is 1.07. The second kappa shape index (κ2) is 12.6. The average molecular weight is 579 g/mol. The normalized spacial score (nSPS) is 17.5. The molecule has 0 saturated heterocycles. The minimum Gasteiger partial charge on any atom is -0.466 e. The van der Waals surface area contributed by atoms with E-state index < -0.39 is 65.2 Å². The van der Waals surface area contributed by atoms with Gasteiger partial charge in [0.05, 0.1) is 20.3 Å². The largest absolute Gasteiger partial charge is 0.466 e. The number of hydrogen-bond donors (Lipinski definition) is 1. The molecule has 0 fully saturated rings. The molecule has 1 unspecified atom stereocenters. The number of ether oxygens (including phenoxy) is 5. The Hall–Kier alpha value is -5.13. The number of nitrogens with two attached hydrogens (primary N) is 1. The average Bonchev–Trinajstić information content (AvgIpc) is 3.20. The topological polar surface area (TPSA) is 161 Å². The first-order chi connectivity index (χ1) is 20.2.